The SMILES string of the molecule is CCOCCN(C(=O)c1ncc[nH]1)C(C)C(=O)OCC. The second-order valence-corrected chi connectivity index (χ2v) is 4.06. The van der Waals surface area contributed by atoms with Gasteiger partial charge in [-0.1, -0.05) is 0 Å². The molecular formula is C13H21N3O4. The maximum Gasteiger partial charge on any atom is 0.328 e. The van der Waals surface area contributed by atoms with E-state index in [9.17, 15) is 9.59 Å². The van der Waals surface area contributed by atoms with E-state index in [2.05, 4.69) is 9.97 Å². The number of carbonyl (C=O) groups is 2. The molecule has 20 heavy (non-hydrogen) atoms. The molecule has 0 aliphatic heterocycles. The summed E-state index contributed by atoms with van der Waals surface area (Å²) in [4.78, 5) is 32.2. The molecule has 7 heteroatoms. The van der Waals surface area contributed by atoms with Gasteiger partial charge in [-0.25, -0.2) is 9.78 Å². The smallest absolute Gasteiger partial charge is 0.328 e. The van der Waals surface area contributed by atoms with Crippen molar-refractivity contribution in [3.63, 3.8) is 0 Å². The fourth-order valence-corrected chi connectivity index (χ4v) is 1.69. The van der Waals surface area contributed by atoms with Crippen LogP contribution >= 0.6 is 0 Å². The van der Waals surface area contributed by atoms with Crippen LogP contribution in [0.4, 0.5) is 0 Å². The molecule has 1 atom stereocenters. The van der Waals surface area contributed by atoms with Crippen molar-refractivity contribution in [2.24, 2.45) is 0 Å². The van der Waals surface area contributed by atoms with Crippen molar-refractivity contribution in [1.29, 1.82) is 0 Å². The summed E-state index contributed by atoms with van der Waals surface area (Å²) in [5.74, 6) is -0.600. The number of rotatable bonds is 8. The lowest BCUT2D eigenvalue weighted by Crippen LogP contribution is -2.46. The molecule has 0 aliphatic rings. The number of carbonyl (C=O) groups excluding carboxylic acids is 2. The minimum Gasteiger partial charge on any atom is -0.464 e. The predicted octanol–water partition coefficient (Wildman–Crippen LogP) is 0.840. The summed E-state index contributed by atoms with van der Waals surface area (Å²) in [7, 11) is 0. The standard InChI is InChI=1S/C13H21N3O4/c1-4-19-9-8-16(10(3)13(18)20-5-2)12(17)11-14-6-7-15-11/h6-7,10H,4-5,8-9H2,1-3H3,(H,14,15). The van der Waals surface area contributed by atoms with E-state index >= 15 is 0 Å². The van der Waals surface area contributed by atoms with Crippen molar-refractivity contribution in [2.75, 3.05) is 26.4 Å². The monoisotopic (exact) mass is 283 g/mol. The molecule has 7 nitrogen and oxygen atoms in total. The lowest BCUT2D eigenvalue weighted by molar-refractivity contribution is -0.148. The normalized spacial score (nSPS) is 11.9. The highest BCUT2D eigenvalue weighted by molar-refractivity contribution is 5.93. The Balaban J connectivity index is 2.78. The quantitative estimate of drug-likeness (QED) is 0.564. The van der Waals surface area contributed by atoms with Gasteiger partial charge in [-0.05, 0) is 20.8 Å². The van der Waals surface area contributed by atoms with Crippen LogP contribution in [-0.2, 0) is 14.3 Å². The van der Waals surface area contributed by atoms with Gasteiger partial charge in [-0.2, -0.15) is 0 Å². The summed E-state index contributed by atoms with van der Waals surface area (Å²) in [5.41, 5.74) is 0. The predicted molar refractivity (Wildman–Crippen MR) is 72.2 cm³/mol. The lowest BCUT2D eigenvalue weighted by atomic mass is 10.2. The summed E-state index contributed by atoms with van der Waals surface area (Å²) in [5, 5.41) is 0. The molecule has 1 amide bonds. The van der Waals surface area contributed by atoms with Crippen molar-refractivity contribution >= 4 is 11.9 Å². The average Bonchev–Trinajstić information content (AvgIpc) is 2.96. The highest BCUT2D eigenvalue weighted by atomic mass is 16.5. The molecule has 0 radical (unpaired) electrons. The molecule has 112 valence electrons. The number of amides is 1. The summed E-state index contributed by atoms with van der Waals surface area (Å²) >= 11 is 0. The summed E-state index contributed by atoms with van der Waals surface area (Å²) in [6.45, 7) is 6.70. The van der Waals surface area contributed by atoms with Gasteiger partial charge in [-0.15, -0.1) is 0 Å². The van der Waals surface area contributed by atoms with Gasteiger partial charge in [0.25, 0.3) is 5.91 Å². The molecule has 1 unspecified atom stereocenters. The first-order chi connectivity index (χ1) is 9.61. The van der Waals surface area contributed by atoms with Gasteiger partial charge in [0, 0.05) is 25.5 Å². The zero-order chi connectivity index (χ0) is 15.0. The molecule has 0 fully saturated rings. The van der Waals surface area contributed by atoms with E-state index in [1.165, 1.54) is 11.1 Å². The number of esters is 1. The zero-order valence-corrected chi connectivity index (χ0v) is 12.1. The number of nitrogens with zero attached hydrogens (tertiary/aromatic N) is 2. The Labute approximate surface area is 118 Å². The van der Waals surface area contributed by atoms with E-state index in [1.807, 2.05) is 6.92 Å². The van der Waals surface area contributed by atoms with E-state index in [4.69, 9.17) is 9.47 Å². The molecule has 1 N–H and O–H groups in total. The molecular weight excluding hydrogens is 262 g/mol. The third kappa shape index (κ3) is 4.34. The highest BCUT2D eigenvalue weighted by Crippen LogP contribution is 2.07. The number of H-pyrrole nitrogens is 1. The lowest BCUT2D eigenvalue weighted by Gasteiger charge is -2.26. The number of hydrogen-bond donors (Lipinski definition) is 1. The number of imidazole rings is 1. The van der Waals surface area contributed by atoms with E-state index in [1.54, 1.807) is 20.0 Å². The Morgan fingerprint density at radius 1 is 1.40 bits per heavy atom. The van der Waals surface area contributed by atoms with Gasteiger partial charge in [0.05, 0.1) is 13.2 Å². The fourth-order valence-electron chi connectivity index (χ4n) is 1.69. The van der Waals surface area contributed by atoms with Crippen LogP contribution in [0.1, 0.15) is 31.4 Å². The zero-order valence-electron chi connectivity index (χ0n) is 12.1. The van der Waals surface area contributed by atoms with E-state index < -0.39 is 12.0 Å². The molecule has 0 saturated heterocycles. The van der Waals surface area contributed by atoms with Crippen LogP contribution in [0.2, 0.25) is 0 Å². The Morgan fingerprint density at radius 3 is 2.70 bits per heavy atom. The van der Waals surface area contributed by atoms with Gasteiger partial charge in [-0.3, -0.25) is 4.79 Å². The number of ether oxygens (including phenoxy) is 2. The van der Waals surface area contributed by atoms with E-state index in [0.717, 1.165) is 0 Å². The Kier molecular flexibility index (Phi) is 6.72. The third-order valence-electron chi connectivity index (χ3n) is 2.74. The molecule has 0 aromatic carbocycles. The van der Waals surface area contributed by atoms with Crippen LogP contribution in [0.25, 0.3) is 0 Å². The van der Waals surface area contributed by atoms with Crippen LogP contribution in [0.15, 0.2) is 12.4 Å². The second-order valence-electron chi connectivity index (χ2n) is 4.06. The maximum absolute atomic E-state index is 12.3. The van der Waals surface area contributed by atoms with E-state index in [0.29, 0.717) is 19.8 Å². The van der Waals surface area contributed by atoms with Gasteiger partial charge in [0.1, 0.15) is 6.04 Å². The van der Waals surface area contributed by atoms with Gasteiger partial charge < -0.3 is 19.4 Å². The first-order valence-corrected chi connectivity index (χ1v) is 6.66. The number of aromatic amines is 1. The highest BCUT2D eigenvalue weighted by Gasteiger charge is 2.28. The number of aromatic nitrogens is 2. The van der Waals surface area contributed by atoms with E-state index in [-0.39, 0.29) is 18.3 Å². The van der Waals surface area contributed by atoms with Crippen LogP contribution in [0, 0.1) is 0 Å². The van der Waals surface area contributed by atoms with Crippen molar-refractivity contribution < 1.29 is 19.1 Å². The minimum absolute atomic E-state index is 0.192. The third-order valence-corrected chi connectivity index (χ3v) is 2.74. The Morgan fingerprint density at radius 2 is 2.15 bits per heavy atom. The Bertz CT molecular complexity index is 419. The summed E-state index contributed by atoms with van der Waals surface area (Å²) in [6.07, 6.45) is 3.05. The van der Waals surface area contributed by atoms with Gasteiger partial charge in [0.2, 0.25) is 0 Å². The topological polar surface area (TPSA) is 84.5 Å². The van der Waals surface area contributed by atoms with Crippen LogP contribution in [-0.4, -0.2) is 59.2 Å². The van der Waals surface area contributed by atoms with Crippen LogP contribution in [0.3, 0.4) is 0 Å². The second kappa shape index (κ2) is 8.31. The maximum atomic E-state index is 12.3. The number of hydrogen-bond acceptors (Lipinski definition) is 5. The molecule has 1 aromatic heterocycles. The van der Waals surface area contributed by atoms with Gasteiger partial charge in [0.15, 0.2) is 5.82 Å². The number of nitrogens with one attached hydrogen (secondary N) is 1. The molecule has 1 heterocycles. The van der Waals surface area contributed by atoms with Crippen molar-refractivity contribution in [3.8, 4) is 0 Å². The van der Waals surface area contributed by atoms with Crippen LogP contribution in [0.5, 0.6) is 0 Å². The molecule has 0 saturated carbocycles. The van der Waals surface area contributed by atoms with Crippen LogP contribution < -0.4 is 0 Å². The molecule has 0 spiro atoms. The molecule has 1 aromatic rings. The van der Waals surface area contributed by atoms with Gasteiger partial charge >= 0.3 is 5.97 Å². The minimum atomic E-state index is -0.687. The van der Waals surface area contributed by atoms with Crippen molar-refractivity contribution in [1.82, 2.24) is 14.9 Å². The first kappa shape index (κ1) is 16.2. The molecule has 0 aliphatic carbocycles. The van der Waals surface area contributed by atoms with Crippen molar-refractivity contribution in [2.45, 2.75) is 26.8 Å². The van der Waals surface area contributed by atoms with Crippen molar-refractivity contribution in [3.05, 3.63) is 18.2 Å². The Hall–Kier alpha value is -1.89. The average molecular weight is 283 g/mol. The summed E-state index contributed by atoms with van der Waals surface area (Å²) in [6, 6.07) is -0.687. The summed E-state index contributed by atoms with van der Waals surface area (Å²) < 4.78 is 10.2. The molecule has 0 bridgehead atoms. The largest absolute Gasteiger partial charge is 0.464 e. The first-order valence-electron chi connectivity index (χ1n) is 6.66. The fraction of sp³-hybridized carbons (Fsp3) is 0.615. The molecule has 1 rings (SSSR count).